The van der Waals surface area contributed by atoms with E-state index in [0.29, 0.717) is 0 Å². The van der Waals surface area contributed by atoms with Gasteiger partial charge in [-0.15, -0.1) is 0 Å². The minimum atomic E-state index is -1.06. The molecule has 0 aromatic heterocycles. The van der Waals surface area contributed by atoms with Crippen molar-refractivity contribution in [3.05, 3.63) is 0 Å². The Labute approximate surface area is 88.7 Å². The van der Waals surface area contributed by atoms with Gasteiger partial charge >= 0.3 is 11.9 Å². The Morgan fingerprint density at radius 2 is 1.47 bits per heavy atom. The molecule has 0 aliphatic heterocycles. The highest BCUT2D eigenvalue weighted by Crippen LogP contribution is 2.00. The van der Waals surface area contributed by atoms with Crippen molar-refractivity contribution >= 4 is 17.7 Å². The molecule has 0 amide bonds. The van der Waals surface area contributed by atoms with Crippen LogP contribution in [0.1, 0.15) is 34.1 Å². The van der Waals surface area contributed by atoms with E-state index in [1.54, 1.807) is 20.8 Å². The summed E-state index contributed by atoms with van der Waals surface area (Å²) in [4.78, 5) is 32.7. The number of Topliss-reactive ketones (excluding diaryl/α,β-unsaturated/α-hetero) is 1. The zero-order chi connectivity index (χ0) is 12.0. The third-order valence-electron chi connectivity index (χ3n) is 1.39. The van der Waals surface area contributed by atoms with Gasteiger partial charge in [-0.05, 0) is 27.7 Å². The quantitative estimate of drug-likeness (QED) is 0.514. The molecule has 1 atom stereocenters. The van der Waals surface area contributed by atoms with Crippen LogP contribution in [0.4, 0.5) is 0 Å². The van der Waals surface area contributed by atoms with Gasteiger partial charge in [0.25, 0.3) is 0 Å². The lowest BCUT2D eigenvalue weighted by molar-refractivity contribution is -0.173. The molecule has 0 rings (SSSR count). The second-order valence-electron chi connectivity index (χ2n) is 3.58. The predicted molar refractivity (Wildman–Crippen MR) is 52.1 cm³/mol. The van der Waals surface area contributed by atoms with Crippen molar-refractivity contribution in [3.8, 4) is 0 Å². The van der Waals surface area contributed by atoms with Crippen LogP contribution in [0.15, 0.2) is 0 Å². The van der Waals surface area contributed by atoms with E-state index in [0.717, 1.165) is 0 Å². The summed E-state index contributed by atoms with van der Waals surface area (Å²) >= 11 is 0. The molecule has 0 bridgehead atoms. The average molecular weight is 216 g/mol. The second kappa shape index (κ2) is 6.16. The molecule has 5 heteroatoms. The number of ketones is 1. The summed E-state index contributed by atoms with van der Waals surface area (Å²) in [6, 6.07) is 0. The summed E-state index contributed by atoms with van der Waals surface area (Å²) < 4.78 is 9.31. The SMILES string of the molecule is CC(=O)CC(C)OC(=O)C(=O)OC(C)C. The molecular weight excluding hydrogens is 200 g/mol. The van der Waals surface area contributed by atoms with E-state index in [4.69, 9.17) is 0 Å². The van der Waals surface area contributed by atoms with E-state index < -0.39 is 18.0 Å². The standard InChI is InChI=1S/C10H16O5/c1-6(2)14-9(12)10(13)15-8(4)5-7(3)11/h6,8H,5H2,1-4H3. The Kier molecular flexibility index (Phi) is 5.59. The van der Waals surface area contributed by atoms with Gasteiger partial charge in [-0.1, -0.05) is 0 Å². The maximum absolute atomic E-state index is 11.1. The van der Waals surface area contributed by atoms with Gasteiger partial charge in [-0.25, -0.2) is 9.59 Å². The lowest BCUT2D eigenvalue weighted by Crippen LogP contribution is -2.27. The molecule has 0 radical (unpaired) electrons. The first-order chi connectivity index (χ1) is 6.82. The Morgan fingerprint density at radius 1 is 1.00 bits per heavy atom. The van der Waals surface area contributed by atoms with Crippen LogP contribution in [-0.4, -0.2) is 29.9 Å². The van der Waals surface area contributed by atoms with Gasteiger partial charge in [0.1, 0.15) is 11.9 Å². The van der Waals surface area contributed by atoms with Gasteiger partial charge in [-0.3, -0.25) is 4.79 Å². The highest BCUT2D eigenvalue weighted by Gasteiger charge is 2.21. The normalized spacial score (nSPS) is 12.1. The van der Waals surface area contributed by atoms with Crippen LogP contribution in [0.3, 0.4) is 0 Å². The molecule has 15 heavy (non-hydrogen) atoms. The van der Waals surface area contributed by atoms with Crippen molar-refractivity contribution in [1.29, 1.82) is 0 Å². The third-order valence-corrected chi connectivity index (χ3v) is 1.39. The van der Waals surface area contributed by atoms with E-state index in [9.17, 15) is 14.4 Å². The number of hydrogen-bond donors (Lipinski definition) is 0. The molecule has 0 saturated carbocycles. The predicted octanol–water partition coefficient (Wildman–Crippen LogP) is 0.849. The molecule has 5 nitrogen and oxygen atoms in total. The number of ether oxygens (including phenoxy) is 2. The number of hydrogen-bond acceptors (Lipinski definition) is 5. The maximum Gasteiger partial charge on any atom is 0.417 e. The van der Waals surface area contributed by atoms with E-state index in [2.05, 4.69) is 9.47 Å². The summed E-state index contributed by atoms with van der Waals surface area (Å²) in [7, 11) is 0. The van der Waals surface area contributed by atoms with Gasteiger partial charge in [0.15, 0.2) is 0 Å². The van der Waals surface area contributed by atoms with Gasteiger partial charge < -0.3 is 9.47 Å². The van der Waals surface area contributed by atoms with E-state index in [1.807, 2.05) is 0 Å². The third kappa shape index (κ3) is 6.65. The Hall–Kier alpha value is -1.39. The number of rotatable bonds is 4. The first kappa shape index (κ1) is 13.6. The molecule has 0 aliphatic rings. The van der Waals surface area contributed by atoms with Crippen molar-refractivity contribution in [1.82, 2.24) is 0 Å². The Bertz CT molecular complexity index is 257. The molecule has 86 valence electrons. The van der Waals surface area contributed by atoms with Crippen LogP contribution in [0.25, 0.3) is 0 Å². The van der Waals surface area contributed by atoms with E-state index in [1.165, 1.54) is 6.92 Å². The van der Waals surface area contributed by atoms with Crippen molar-refractivity contribution in [2.75, 3.05) is 0 Å². The van der Waals surface area contributed by atoms with Crippen LogP contribution in [0.2, 0.25) is 0 Å². The number of carbonyl (C=O) groups is 3. The monoisotopic (exact) mass is 216 g/mol. The van der Waals surface area contributed by atoms with Crippen molar-refractivity contribution in [2.45, 2.75) is 46.3 Å². The molecule has 0 saturated heterocycles. The topological polar surface area (TPSA) is 69.7 Å². The molecule has 0 spiro atoms. The highest BCUT2D eigenvalue weighted by molar-refractivity contribution is 6.29. The summed E-state index contributed by atoms with van der Waals surface area (Å²) in [5, 5.41) is 0. The summed E-state index contributed by atoms with van der Waals surface area (Å²) in [5.74, 6) is -2.19. The molecule has 0 heterocycles. The van der Waals surface area contributed by atoms with Crippen LogP contribution in [0, 0.1) is 0 Å². The van der Waals surface area contributed by atoms with Gasteiger partial charge in [0, 0.05) is 6.42 Å². The molecular formula is C10H16O5. The van der Waals surface area contributed by atoms with Crippen LogP contribution in [-0.2, 0) is 23.9 Å². The summed E-state index contributed by atoms with van der Waals surface area (Å²) in [5.41, 5.74) is 0. The molecule has 0 aromatic carbocycles. The first-order valence-corrected chi connectivity index (χ1v) is 4.74. The fourth-order valence-electron chi connectivity index (χ4n) is 0.940. The molecule has 1 unspecified atom stereocenters. The minimum Gasteiger partial charge on any atom is -0.455 e. The Morgan fingerprint density at radius 3 is 1.87 bits per heavy atom. The minimum absolute atomic E-state index is 0.0979. The number of esters is 2. The summed E-state index contributed by atoms with van der Waals surface area (Å²) in [6.07, 6.45) is -0.872. The van der Waals surface area contributed by atoms with Crippen LogP contribution >= 0.6 is 0 Å². The lowest BCUT2D eigenvalue weighted by atomic mass is 10.2. The summed E-state index contributed by atoms with van der Waals surface area (Å²) in [6.45, 7) is 6.19. The van der Waals surface area contributed by atoms with Crippen LogP contribution < -0.4 is 0 Å². The zero-order valence-electron chi connectivity index (χ0n) is 9.40. The first-order valence-electron chi connectivity index (χ1n) is 4.74. The molecule has 0 fully saturated rings. The highest BCUT2D eigenvalue weighted by atomic mass is 16.6. The fraction of sp³-hybridized carbons (Fsp3) is 0.700. The number of carbonyl (C=O) groups excluding carboxylic acids is 3. The van der Waals surface area contributed by atoms with Gasteiger partial charge in [-0.2, -0.15) is 0 Å². The molecule has 0 aromatic rings. The molecule has 0 N–H and O–H groups in total. The van der Waals surface area contributed by atoms with Gasteiger partial charge in [0.05, 0.1) is 6.10 Å². The average Bonchev–Trinajstić information content (AvgIpc) is 2.00. The van der Waals surface area contributed by atoms with E-state index >= 15 is 0 Å². The largest absolute Gasteiger partial charge is 0.455 e. The molecule has 0 aliphatic carbocycles. The van der Waals surface area contributed by atoms with Crippen molar-refractivity contribution in [2.24, 2.45) is 0 Å². The fourth-order valence-corrected chi connectivity index (χ4v) is 0.940. The zero-order valence-corrected chi connectivity index (χ0v) is 9.40. The lowest BCUT2D eigenvalue weighted by Gasteiger charge is -2.12. The van der Waals surface area contributed by atoms with E-state index in [-0.39, 0.29) is 18.3 Å². The van der Waals surface area contributed by atoms with Crippen molar-refractivity contribution < 1.29 is 23.9 Å². The van der Waals surface area contributed by atoms with Gasteiger partial charge in [0.2, 0.25) is 0 Å². The van der Waals surface area contributed by atoms with Crippen molar-refractivity contribution in [3.63, 3.8) is 0 Å². The Balaban J connectivity index is 4.02. The smallest absolute Gasteiger partial charge is 0.417 e. The van der Waals surface area contributed by atoms with Crippen LogP contribution in [0.5, 0.6) is 0 Å². The second-order valence-corrected chi connectivity index (χ2v) is 3.58. The maximum atomic E-state index is 11.1.